The van der Waals surface area contributed by atoms with Crippen molar-refractivity contribution in [3.8, 4) is 0 Å². The van der Waals surface area contributed by atoms with Crippen LogP contribution in [0.5, 0.6) is 0 Å². The first-order valence-corrected chi connectivity index (χ1v) is 9.73. The molecule has 0 saturated carbocycles. The van der Waals surface area contributed by atoms with Crippen LogP contribution < -0.4 is 10.0 Å². The lowest BCUT2D eigenvalue weighted by Crippen LogP contribution is -2.32. The fourth-order valence-corrected chi connectivity index (χ4v) is 3.44. The molecule has 0 saturated heterocycles. The summed E-state index contributed by atoms with van der Waals surface area (Å²) in [4.78, 5) is 12.6. The van der Waals surface area contributed by atoms with Crippen LogP contribution in [0.15, 0.2) is 47.4 Å². The van der Waals surface area contributed by atoms with Gasteiger partial charge in [0.1, 0.15) is 0 Å². The zero-order valence-electron chi connectivity index (χ0n) is 15.0. The molecule has 2 N–H and O–H groups in total. The molecular weight excluding hydrogens is 336 g/mol. The van der Waals surface area contributed by atoms with Crippen molar-refractivity contribution in [1.29, 1.82) is 0 Å². The van der Waals surface area contributed by atoms with Gasteiger partial charge in [0.05, 0.1) is 10.6 Å². The van der Waals surface area contributed by atoms with Crippen molar-refractivity contribution >= 4 is 21.6 Å². The molecule has 0 spiro atoms. The summed E-state index contributed by atoms with van der Waals surface area (Å²) >= 11 is 0. The zero-order valence-corrected chi connectivity index (χ0v) is 15.8. The van der Waals surface area contributed by atoms with Crippen molar-refractivity contribution in [3.63, 3.8) is 0 Å². The van der Waals surface area contributed by atoms with E-state index in [0.717, 1.165) is 12.0 Å². The number of carbonyl (C=O) groups is 1. The lowest BCUT2D eigenvalue weighted by molar-refractivity contribution is 0.0938. The average Bonchev–Trinajstić information content (AvgIpc) is 2.56. The Bertz CT molecular complexity index is 859. The van der Waals surface area contributed by atoms with E-state index >= 15 is 0 Å². The van der Waals surface area contributed by atoms with Crippen LogP contribution in [0, 0.1) is 13.8 Å². The molecule has 0 fully saturated rings. The Kier molecular flexibility index (Phi) is 5.85. The molecule has 0 radical (unpaired) electrons. The molecule has 0 aliphatic rings. The van der Waals surface area contributed by atoms with Gasteiger partial charge in [-0.1, -0.05) is 30.7 Å². The lowest BCUT2D eigenvalue weighted by atomic mass is 10.1. The minimum absolute atomic E-state index is 0.0554. The zero-order chi connectivity index (χ0) is 18.6. The van der Waals surface area contributed by atoms with E-state index < -0.39 is 10.0 Å². The summed E-state index contributed by atoms with van der Waals surface area (Å²) in [5.41, 5.74) is 2.44. The summed E-state index contributed by atoms with van der Waals surface area (Å²) in [6.45, 7) is 7.55. The van der Waals surface area contributed by atoms with Gasteiger partial charge in [0.2, 0.25) is 0 Å². The third-order valence-electron chi connectivity index (χ3n) is 4.14. The Hall–Kier alpha value is -2.34. The monoisotopic (exact) mass is 360 g/mol. The molecule has 1 amide bonds. The van der Waals surface area contributed by atoms with Gasteiger partial charge in [0.25, 0.3) is 15.9 Å². The Morgan fingerprint density at radius 3 is 2.32 bits per heavy atom. The van der Waals surface area contributed by atoms with Crippen LogP contribution in [0.1, 0.15) is 41.8 Å². The summed E-state index contributed by atoms with van der Waals surface area (Å²) in [6.07, 6.45) is 0.824. The predicted molar refractivity (Wildman–Crippen MR) is 100 cm³/mol. The highest BCUT2D eigenvalue weighted by Crippen LogP contribution is 2.23. The molecular formula is C19H24N2O3S. The maximum atomic E-state index is 12.6. The van der Waals surface area contributed by atoms with Gasteiger partial charge < -0.3 is 5.32 Å². The van der Waals surface area contributed by atoms with Gasteiger partial charge in [-0.3, -0.25) is 9.52 Å². The van der Waals surface area contributed by atoms with Gasteiger partial charge in [-0.25, -0.2) is 8.42 Å². The number of hydrogen-bond acceptors (Lipinski definition) is 3. The van der Waals surface area contributed by atoms with Crippen molar-refractivity contribution in [3.05, 3.63) is 59.2 Å². The van der Waals surface area contributed by atoms with Crippen molar-refractivity contribution in [1.82, 2.24) is 5.32 Å². The van der Waals surface area contributed by atoms with E-state index in [1.54, 1.807) is 49.4 Å². The number of sulfonamides is 1. The lowest BCUT2D eigenvalue weighted by Gasteiger charge is -2.16. The van der Waals surface area contributed by atoms with Crippen LogP contribution in [0.25, 0.3) is 0 Å². The molecule has 25 heavy (non-hydrogen) atoms. The Labute approximate surface area is 149 Å². The van der Waals surface area contributed by atoms with Crippen LogP contribution >= 0.6 is 0 Å². The molecule has 0 aliphatic heterocycles. The van der Waals surface area contributed by atoms with Crippen molar-refractivity contribution in [2.24, 2.45) is 0 Å². The maximum Gasteiger partial charge on any atom is 0.261 e. The van der Waals surface area contributed by atoms with E-state index in [-0.39, 0.29) is 16.8 Å². The van der Waals surface area contributed by atoms with E-state index in [4.69, 9.17) is 0 Å². The maximum absolute atomic E-state index is 12.6. The summed E-state index contributed by atoms with van der Waals surface area (Å²) in [5.74, 6) is -0.205. The van der Waals surface area contributed by atoms with Crippen LogP contribution in [-0.4, -0.2) is 20.4 Å². The molecule has 0 aromatic heterocycles. The van der Waals surface area contributed by atoms with Crippen molar-refractivity contribution in [2.45, 2.75) is 45.1 Å². The minimum Gasteiger partial charge on any atom is -0.350 e. The standard InChI is InChI=1S/C19H24N2O3S/c1-5-14(3)20-19(22)17-7-6-8-18(15(17)4)21-25(23,24)16-11-9-13(2)10-12-16/h6-12,14,21H,5H2,1-4H3,(H,20,22)/t14-/m1/s1. The molecule has 134 valence electrons. The van der Waals surface area contributed by atoms with Gasteiger partial charge in [-0.15, -0.1) is 0 Å². The SMILES string of the molecule is CC[C@@H](C)NC(=O)c1cccc(NS(=O)(=O)c2ccc(C)cc2)c1C. The predicted octanol–water partition coefficient (Wildman–Crippen LogP) is 3.63. The largest absolute Gasteiger partial charge is 0.350 e. The molecule has 0 bridgehead atoms. The summed E-state index contributed by atoms with van der Waals surface area (Å²) < 4.78 is 27.7. The topological polar surface area (TPSA) is 75.3 Å². The number of benzene rings is 2. The van der Waals surface area contributed by atoms with Gasteiger partial charge in [-0.2, -0.15) is 0 Å². The Morgan fingerprint density at radius 1 is 1.08 bits per heavy atom. The van der Waals surface area contributed by atoms with Crippen LogP contribution in [0.3, 0.4) is 0 Å². The van der Waals surface area contributed by atoms with Crippen LogP contribution in [0.4, 0.5) is 5.69 Å². The molecule has 0 unspecified atom stereocenters. The second-order valence-electron chi connectivity index (χ2n) is 6.18. The first-order chi connectivity index (χ1) is 11.7. The fraction of sp³-hybridized carbons (Fsp3) is 0.316. The fourth-order valence-electron chi connectivity index (χ4n) is 2.32. The first kappa shape index (κ1) is 19.0. The number of carbonyl (C=O) groups excluding carboxylic acids is 1. The molecule has 2 aromatic carbocycles. The molecule has 6 heteroatoms. The molecule has 2 aromatic rings. The van der Waals surface area contributed by atoms with Gasteiger partial charge in [0.15, 0.2) is 0 Å². The number of anilines is 1. The Morgan fingerprint density at radius 2 is 1.72 bits per heavy atom. The molecule has 0 heterocycles. The van der Waals surface area contributed by atoms with Crippen LogP contribution in [0.2, 0.25) is 0 Å². The number of nitrogens with one attached hydrogen (secondary N) is 2. The number of rotatable bonds is 6. The summed E-state index contributed by atoms with van der Waals surface area (Å²) in [6, 6.07) is 11.7. The second-order valence-corrected chi connectivity index (χ2v) is 7.86. The average molecular weight is 360 g/mol. The minimum atomic E-state index is -3.70. The molecule has 5 nitrogen and oxygen atoms in total. The summed E-state index contributed by atoms with van der Waals surface area (Å²) in [7, 11) is -3.70. The number of amides is 1. The normalized spacial score (nSPS) is 12.5. The highest BCUT2D eigenvalue weighted by Gasteiger charge is 2.18. The van der Waals surface area contributed by atoms with E-state index in [2.05, 4.69) is 10.0 Å². The van der Waals surface area contributed by atoms with E-state index in [1.807, 2.05) is 20.8 Å². The second kappa shape index (κ2) is 7.70. The highest BCUT2D eigenvalue weighted by atomic mass is 32.2. The first-order valence-electron chi connectivity index (χ1n) is 8.24. The van der Waals surface area contributed by atoms with E-state index in [9.17, 15) is 13.2 Å². The third kappa shape index (κ3) is 4.60. The molecule has 1 atom stereocenters. The van der Waals surface area contributed by atoms with Gasteiger partial charge in [0, 0.05) is 11.6 Å². The highest BCUT2D eigenvalue weighted by molar-refractivity contribution is 7.92. The molecule has 2 rings (SSSR count). The smallest absolute Gasteiger partial charge is 0.261 e. The summed E-state index contributed by atoms with van der Waals surface area (Å²) in [5, 5.41) is 2.90. The Balaban J connectivity index is 2.30. The third-order valence-corrected chi connectivity index (χ3v) is 5.53. The quantitative estimate of drug-likeness (QED) is 0.826. The number of hydrogen-bond donors (Lipinski definition) is 2. The van der Waals surface area contributed by atoms with E-state index in [1.165, 1.54) is 0 Å². The van der Waals surface area contributed by atoms with Crippen molar-refractivity contribution in [2.75, 3.05) is 4.72 Å². The number of aryl methyl sites for hydroxylation is 1. The van der Waals surface area contributed by atoms with Gasteiger partial charge >= 0.3 is 0 Å². The van der Waals surface area contributed by atoms with Crippen LogP contribution in [-0.2, 0) is 10.0 Å². The van der Waals surface area contributed by atoms with E-state index in [0.29, 0.717) is 16.8 Å². The molecule has 0 aliphatic carbocycles. The van der Waals surface area contributed by atoms with Crippen molar-refractivity contribution < 1.29 is 13.2 Å². The van der Waals surface area contributed by atoms with Gasteiger partial charge in [-0.05, 0) is 57.0 Å².